The molecule has 0 saturated carbocycles. The Morgan fingerprint density at radius 1 is 1.36 bits per heavy atom. The van der Waals surface area contributed by atoms with E-state index in [9.17, 15) is 0 Å². The molecule has 28 heavy (non-hydrogen) atoms. The quantitative estimate of drug-likeness (QED) is 0.484. The van der Waals surface area contributed by atoms with Crippen molar-refractivity contribution in [3.8, 4) is 0 Å². The summed E-state index contributed by atoms with van der Waals surface area (Å²) in [6.07, 6.45) is 0.186. The van der Waals surface area contributed by atoms with Gasteiger partial charge in [-0.2, -0.15) is 5.10 Å². The molecule has 1 fully saturated rings. The number of guanidine groups is 1. The lowest BCUT2D eigenvalue weighted by Gasteiger charge is -2.34. The summed E-state index contributed by atoms with van der Waals surface area (Å²) in [6, 6.07) is 0. The maximum atomic E-state index is 5.91. The van der Waals surface area contributed by atoms with Crippen molar-refractivity contribution in [2.24, 2.45) is 10.9 Å². The number of methoxy groups -OCH3 is 1. The zero-order valence-corrected chi connectivity index (χ0v) is 18.4. The molecule has 1 aromatic heterocycles. The van der Waals surface area contributed by atoms with Crippen LogP contribution in [-0.4, -0.2) is 80.3 Å². The van der Waals surface area contributed by atoms with Gasteiger partial charge >= 0.3 is 0 Å². The molecule has 0 radical (unpaired) electrons. The van der Waals surface area contributed by atoms with E-state index < -0.39 is 0 Å². The molecule has 2 N–H and O–H groups in total. The van der Waals surface area contributed by atoms with E-state index in [1.165, 1.54) is 5.56 Å². The minimum Gasteiger partial charge on any atom is -0.383 e. The molecule has 1 aliphatic rings. The van der Waals surface area contributed by atoms with Crippen molar-refractivity contribution >= 4 is 5.96 Å². The van der Waals surface area contributed by atoms with Crippen molar-refractivity contribution in [1.29, 1.82) is 0 Å². The molecule has 2 rings (SSSR count). The molecule has 0 amide bonds. The van der Waals surface area contributed by atoms with Crippen LogP contribution in [-0.2, 0) is 22.6 Å². The molecule has 1 atom stereocenters. The Labute approximate surface area is 169 Å². The van der Waals surface area contributed by atoms with E-state index in [0.29, 0.717) is 19.1 Å². The smallest absolute Gasteiger partial charge is 0.191 e. The van der Waals surface area contributed by atoms with Crippen LogP contribution in [0.25, 0.3) is 0 Å². The molecule has 8 nitrogen and oxygen atoms in total. The lowest BCUT2D eigenvalue weighted by Crippen LogP contribution is -2.50. The van der Waals surface area contributed by atoms with Gasteiger partial charge in [-0.15, -0.1) is 0 Å². The maximum Gasteiger partial charge on any atom is 0.191 e. The second kappa shape index (κ2) is 11.4. The third-order valence-electron chi connectivity index (χ3n) is 5.04. The number of aliphatic imine (C=N–C) groups is 1. The van der Waals surface area contributed by atoms with Crippen molar-refractivity contribution in [2.45, 2.75) is 46.9 Å². The first kappa shape index (κ1) is 22.6. The summed E-state index contributed by atoms with van der Waals surface area (Å²) >= 11 is 0. The molecular formula is C20H38N6O2. The number of hydrogen-bond donors (Lipinski definition) is 2. The van der Waals surface area contributed by atoms with Gasteiger partial charge in [0.1, 0.15) is 0 Å². The van der Waals surface area contributed by atoms with Crippen LogP contribution >= 0.6 is 0 Å². The van der Waals surface area contributed by atoms with E-state index >= 15 is 0 Å². The maximum absolute atomic E-state index is 5.91. The fourth-order valence-electron chi connectivity index (χ4n) is 3.57. The van der Waals surface area contributed by atoms with Crippen LogP contribution in [0.2, 0.25) is 0 Å². The van der Waals surface area contributed by atoms with Gasteiger partial charge in [0.15, 0.2) is 5.96 Å². The Morgan fingerprint density at radius 2 is 2.14 bits per heavy atom. The zero-order valence-electron chi connectivity index (χ0n) is 18.4. The van der Waals surface area contributed by atoms with Crippen molar-refractivity contribution in [3.05, 3.63) is 17.0 Å². The molecule has 0 aliphatic carbocycles. The SMILES string of the molecule is CN=C(NCc1c(C)nn(CCOC)c1C)NCC1CN(CC(C)C)CCO1. The van der Waals surface area contributed by atoms with Gasteiger partial charge in [0.05, 0.1) is 31.6 Å². The highest BCUT2D eigenvalue weighted by atomic mass is 16.5. The average molecular weight is 395 g/mol. The van der Waals surface area contributed by atoms with Crippen molar-refractivity contribution in [1.82, 2.24) is 25.3 Å². The van der Waals surface area contributed by atoms with Crippen molar-refractivity contribution < 1.29 is 9.47 Å². The summed E-state index contributed by atoms with van der Waals surface area (Å²) in [4.78, 5) is 6.83. The normalized spacial score (nSPS) is 18.7. The Kier molecular flexibility index (Phi) is 9.21. The lowest BCUT2D eigenvalue weighted by molar-refractivity contribution is -0.0284. The predicted molar refractivity (Wildman–Crippen MR) is 113 cm³/mol. The second-order valence-corrected chi connectivity index (χ2v) is 7.82. The topological polar surface area (TPSA) is 75.9 Å². The number of aryl methyl sites for hydroxylation is 1. The first-order chi connectivity index (χ1) is 13.4. The van der Waals surface area contributed by atoms with E-state index in [-0.39, 0.29) is 6.10 Å². The molecule has 2 heterocycles. The number of hydrogen-bond acceptors (Lipinski definition) is 5. The number of nitrogens with zero attached hydrogens (tertiary/aromatic N) is 4. The first-order valence-electron chi connectivity index (χ1n) is 10.2. The van der Waals surface area contributed by atoms with Crippen LogP contribution in [0.15, 0.2) is 4.99 Å². The van der Waals surface area contributed by atoms with Gasteiger partial charge in [-0.25, -0.2) is 0 Å². The third kappa shape index (κ3) is 6.76. The highest BCUT2D eigenvalue weighted by Crippen LogP contribution is 2.13. The number of aromatic nitrogens is 2. The number of ether oxygens (including phenoxy) is 2. The zero-order chi connectivity index (χ0) is 20.5. The van der Waals surface area contributed by atoms with Gasteiger partial charge in [-0.1, -0.05) is 13.8 Å². The molecule has 1 saturated heterocycles. The fraction of sp³-hybridized carbons (Fsp3) is 0.800. The summed E-state index contributed by atoms with van der Waals surface area (Å²) in [7, 11) is 3.51. The van der Waals surface area contributed by atoms with Gasteiger partial charge in [0.25, 0.3) is 0 Å². The summed E-state index contributed by atoms with van der Waals surface area (Å²) in [5.74, 6) is 1.46. The van der Waals surface area contributed by atoms with Crippen LogP contribution < -0.4 is 10.6 Å². The van der Waals surface area contributed by atoms with Crippen LogP contribution in [0.5, 0.6) is 0 Å². The Morgan fingerprint density at radius 3 is 2.82 bits per heavy atom. The van der Waals surface area contributed by atoms with E-state index in [1.54, 1.807) is 14.2 Å². The average Bonchev–Trinajstić information content (AvgIpc) is 2.93. The predicted octanol–water partition coefficient (Wildman–Crippen LogP) is 1.17. The van der Waals surface area contributed by atoms with E-state index in [2.05, 4.69) is 46.4 Å². The van der Waals surface area contributed by atoms with Gasteiger partial charge < -0.3 is 20.1 Å². The van der Waals surface area contributed by atoms with Crippen molar-refractivity contribution in [2.75, 3.05) is 53.6 Å². The molecule has 8 heteroatoms. The van der Waals surface area contributed by atoms with Crippen LogP contribution in [0.3, 0.4) is 0 Å². The highest BCUT2D eigenvalue weighted by Gasteiger charge is 2.21. The molecule has 0 spiro atoms. The van der Waals surface area contributed by atoms with Gasteiger partial charge in [0.2, 0.25) is 0 Å². The summed E-state index contributed by atoms with van der Waals surface area (Å²) in [5.41, 5.74) is 3.41. The van der Waals surface area contributed by atoms with Crippen LogP contribution in [0.4, 0.5) is 0 Å². The van der Waals surface area contributed by atoms with Crippen molar-refractivity contribution in [3.63, 3.8) is 0 Å². The molecular weight excluding hydrogens is 356 g/mol. The molecule has 0 aromatic carbocycles. The minimum atomic E-state index is 0.186. The molecule has 1 unspecified atom stereocenters. The fourth-order valence-corrected chi connectivity index (χ4v) is 3.57. The van der Waals surface area contributed by atoms with E-state index in [0.717, 1.165) is 56.7 Å². The lowest BCUT2D eigenvalue weighted by atomic mass is 10.2. The molecule has 1 aromatic rings. The highest BCUT2D eigenvalue weighted by molar-refractivity contribution is 5.79. The molecule has 1 aliphatic heterocycles. The largest absolute Gasteiger partial charge is 0.383 e. The summed E-state index contributed by atoms with van der Waals surface area (Å²) < 4.78 is 13.1. The monoisotopic (exact) mass is 394 g/mol. The number of morpholine rings is 1. The van der Waals surface area contributed by atoms with Gasteiger partial charge in [0, 0.05) is 58.1 Å². The van der Waals surface area contributed by atoms with Crippen LogP contribution in [0, 0.1) is 19.8 Å². The Hall–Kier alpha value is -1.64. The first-order valence-corrected chi connectivity index (χ1v) is 10.2. The number of rotatable bonds is 9. The second-order valence-electron chi connectivity index (χ2n) is 7.82. The van der Waals surface area contributed by atoms with E-state index in [1.807, 2.05) is 11.6 Å². The summed E-state index contributed by atoms with van der Waals surface area (Å²) in [5, 5.41) is 11.4. The van der Waals surface area contributed by atoms with Gasteiger partial charge in [-0.3, -0.25) is 14.6 Å². The Balaban J connectivity index is 1.82. The van der Waals surface area contributed by atoms with Gasteiger partial charge in [-0.05, 0) is 19.8 Å². The summed E-state index contributed by atoms with van der Waals surface area (Å²) in [6.45, 7) is 15.4. The third-order valence-corrected chi connectivity index (χ3v) is 5.04. The number of nitrogens with one attached hydrogen (secondary N) is 2. The minimum absolute atomic E-state index is 0.186. The van der Waals surface area contributed by atoms with Crippen LogP contribution in [0.1, 0.15) is 30.8 Å². The standard InChI is InChI=1S/C20H38N6O2/c1-15(2)13-25-7-10-28-18(14-25)11-22-20(21-5)23-12-19-16(3)24-26(17(19)4)8-9-27-6/h15,18H,7-14H2,1-6H3,(H2,21,22,23). The molecule has 0 bridgehead atoms. The molecule has 160 valence electrons. The van der Waals surface area contributed by atoms with E-state index in [4.69, 9.17) is 9.47 Å². The Bertz CT molecular complexity index is 628.